The van der Waals surface area contributed by atoms with Crippen LogP contribution in [0.5, 0.6) is 0 Å². The Hall–Kier alpha value is -1.31. The molecule has 0 atom stereocenters. The fourth-order valence-corrected chi connectivity index (χ4v) is 2.35. The highest BCUT2D eigenvalue weighted by atomic mass is 35.5. The quantitative estimate of drug-likeness (QED) is 0.719. The molecule has 0 amide bonds. The molecule has 0 spiro atoms. The maximum Gasteiger partial charge on any atom is 0.193 e. The molecule has 1 nitrogen and oxygen atoms in total. The Kier molecular flexibility index (Phi) is 3.74. The van der Waals surface area contributed by atoms with Gasteiger partial charge in [0.1, 0.15) is 0 Å². The zero-order valence-electron chi connectivity index (χ0n) is 10.1. The second-order valence-electron chi connectivity index (χ2n) is 4.31. The third-order valence-corrected chi connectivity index (χ3v) is 3.20. The van der Waals surface area contributed by atoms with E-state index in [2.05, 4.69) is 0 Å². The summed E-state index contributed by atoms with van der Waals surface area (Å²) in [5.41, 5.74) is 3.20. The molecule has 0 heterocycles. The average Bonchev–Trinajstić information content (AvgIpc) is 2.30. The predicted octanol–water partition coefficient (Wildman–Crippen LogP) is 4.84. The number of hydrogen-bond donors (Lipinski definition) is 0. The third-order valence-electron chi connectivity index (χ3n) is 2.76. The molecule has 18 heavy (non-hydrogen) atoms. The van der Waals surface area contributed by atoms with E-state index in [4.69, 9.17) is 23.2 Å². The van der Waals surface area contributed by atoms with E-state index in [0.717, 1.165) is 11.1 Å². The topological polar surface area (TPSA) is 17.1 Å². The van der Waals surface area contributed by atoms with Gasteiger partial charge in [-0.2, -0.15) is 0 Å². The zero-order chi connectivity index (χ0) is 13.3. The van der Waals surface area contributed by atoms with E-state index < -0.39 is 0 Å². The van der Waals surface area contributed by atoms with Crippen LogP contribution in [0, 0.1) is 13.8 Å². The van der Waals surface area contributed by atoms with Crippen molar-refractivity contribution in [3.63, 3.8) is 0 Å². The number of carbonyl (C=O) groups is 1. The van der Waals surface area contributed by atoms with Gasteiger partial charge in [-0.1, -0.05) is 40.9 Å². The van der Waals surface area contributed by atoms with Crippen LogP contribution in [0.2, 0.25) is 10.0 Å². The molecule has 0 aliphatic rings. The standard InChI is InChI=1S/C15H12Cl2O/c1-9-3-4-10(2)14(5-9)15(18)11-6-12(16)8-13(17)7-11/h3-8H,1-2H3. The Bertz CT molecular complexity index is 598. The second-order valence-corrected chi connectivity index (χ2v) is 5.18. The first-order chi connectivity index (χ1) is 8.47. The molecule has 92 valence electrons. The van der Waals surface area contributed by atoms with E-state index in [1.165, 1.54) is 0 Å². The molecule has 0 aromatic heterocycles. The lowest BCUT2D eigenvalue weighted by Crippen LogP contribution is -2.04. The number of aryl methyl sites for hydroxylation is 2. The molecule has 0 aliphatic carbocycles. The summed E-state index contributed by atoms with van der Waals surface area (Å²) in [5, 5.41) is 0.937. The number of halogens is 2. The van der Waals surface area contributed by atoms with Gasteiger partial charge in [0.2, 0.25) is 0 Å². The monoisotopic (exact) mass is 278 g/mol. The van der Waals surface area contributed by atoms with Gasteiger partial charge < -0.3 is 0 Å². The molecule has 0 radical (unpaired) electrons. The van der Waals surface area contributed by atoms with E-state index in [1.54, 1.807) is 18.2 Å². The minimum atomic E-state index is -0.0550. The van der Waals surface area contributed by atoms with Gasteiger partial charge in [0, 0.05) is 21.2 Å². The van der Waals surface area contributed by atoms with Gasteiger partial charge >= 0.3 is 0 Å². The largest absolute Gasteiger partial charge is 0.289 e. The summed E-state index contributed by atoms with van der Waals surface area (Å²) >= 11 is 11.8. The number of benzene rings is 2. The average molecular weight is 279 g/mol. The van der Waals surface area contributed by atoms with Crippen molar-refractivity contribution >= 4 is 29.0 Å². The van der Waals surface area contributed by atoms with Crippen LogP contribution < -0.4 is 0 Å². The number of rotatable bonds is 2. The number of hydrogen-bond acceptors (Lipinski definition) is 1. The molecular formula is C15H12Cl2O. The number of carbonyl (C=O) groups excluding carboxylic acids is 1. The Balaban J connectivity index is 2.51. The molecule has 0 unspecified atom stereocenters. The molecule has 0 saturated heterocycles. The van der Waals surface area contributed by atoms with Gasteiger partial charge in [-0.05, 0) is 43.7 Å². The molecular weight excluding hydrogens is 267 g/mol. The third kappa shape index (κ3) is 2.74. The lowest BCUT2D eigenvalue weighted by molar-refractivity contribution is 0.103. The van der Waals surface area contributed by atoms with Crippen molar-refractivity contribution in [1.82, 2.24) is 0 Å². The summed E-state index contributed by atoms with van der Waals surface area (Å²) < 4.78 is 0. The maximum atomic E-state index is 12.4. The summed E-state index contributed by atoms with van der Waals surface area (Å²) in [6.45, 7) is 3.87. The van der Waals surface area contributed by atoms with Gasteiger partial charge in [-0.25, -0.2) is 0 Å². The van der Waals surface area contributed by atoms with Crippen molar-refractivity contribution in [3.05, 3.63) is 68.7 Å². The normalized spacial score (nSPS) is 10.4. The minimum Gasteiger partial charge on any atom is -0.289 e. The van der Waals surface area contributed by atoms with Crippen molar-refractivity contribution < 1.29 is 4.79 Å². The molecule has 0 fully saturated rings. The van der Waals surface area contributed by atoms with E-state index in [1.807, 2.05) is 32.0 Å². The van der Waals surface area contributed by atoms with Crippen LogP contribution in [0.1, 0.15) is 27.0 Å². The van der Waals surface area contributed by atoms with Crippen molar-refractivity contribution in [2.24, 2.45) is 0 Å². The Labute approximate surface area is 116 Å². The highest BCUT2D eigenvalue weighted by molar-refractivity contribution is 6.35. The molecule has 0 N–H and O–H groups in total. The minimum absolute atomic E-state index is 0.0550. The smallest absolute Gasteiger partial charge is 0.193 e. The van der Waals surface area contributed by atoms with Crippen molar-refractivity contribution in [3.8, 4) is 0 Å². The zero-order valence-corrected chi connectivity index (χ0v) is 11.6. The van der Waals surface area contributed by atoms with Gasteiger partial charge in [0.05, 0.1) is 0 Å². The molecule has 2 aromatic carbocycles. The lowest BCUT2D eigenvalue weighted by Gasteiger charge is -2.07. The highest BCUT2D eigenvalue weighted by Crippen LogP contribution is 2.22. The van der Waals surface area contributed by atoms with E-state index >= 15 is 0 Å². The van der Waals surface area contributed by atoms with Crippen molar-refractivity contribution in [2.45, 2.75) is 13.8 Å². The summed E-state index contributed by atoms with van der Waals surface area (Å²) in [4.78, 5) is 12.4. The predicted molar refractivity (Wildman–Crippen MR) is 75.8 cm³/mol. The summed E-state index contributed by atoms with van der Waals surface area (Å²) in [5.74, 6) is -0.0550. The van der Waals surface area contributed by atoms with Crippen molar-refractivity contribution in [1.29, 1.82) is 0 Å². The Morgan fingerprint density at radius 3 is 2.17 bits per heavy atom. The van der Waals surface area contributed by atoms with Crippen LogP contribution in [0.25, 0.3) is 0 Å². The van der Waals surface area contributed by atoms with E-state index in [0.29, 0.717) is 21.2 Å². The molecule has 0 bridgehead atoms. The maximum absolute atomic E-state index is 12.4. The SMILES string of the molecule is Cc1ccc(C)c(C(=O)c2cc(Cl)cc(Cl)c2)c1. The first-order valence-electron chi connectivity index (χ1n) is 5.55. The van der Waals surface area contributed by atoms with Gasteiger partial charge in [-0.15, -0.1) is 0 Å². The molecule has 0 saturated carbocycles. The second kappa shape index (κ2) is 5.13. The lowest BCUT2D eigenvalue weighted by atomic mass is 9.97. The molecule has 0 aliphatic heterocycles. The van der Waals surface area contributed by atoms with Crippen LogP contribution in [0.15, 0.2) is 36.4 Å². The first-order valence-corrected chi connectivity index (χ1v) is 6.31. The Morgan fingerprint density at radius 2 is 1.56 bits per heavy atom. The van der Waals surface area contributed by atoms with Crippen LogP contribution in [-0.2, 0) is 0 Å². The van der Waals surface area contributed by atoms with Crippen LogP contribution in [-0.4, -0.2) is 5.78 Å². The first kappa shape index (κ1) is 13.1. The summed E-state index contributed by atoms with van der Waals surface area (Å²) in [6, 6.07) is 10.7. The highest BCUT2D eigenvalue weighted by Gasteiger charge is 2.13. The van der Waals surface area contributed by atoms with Gasteiger partial charge in [-0.3, -0.25) is 4.79 Å². The number of ketones is 1. The van der Waals surface area contributed by atoms with Gasteiger partial charge in [0.25, 0.3) is 0 Å². The molecule has 2 rings (SSSR count). The van der Waals surface area contributed by atoms with Gasteiger partial charge in [0.15, 0.2) is 5.78 Å². The summed E-state index contributed by atoms with van der Waals surface area (Å²) in [6.07, 6.45) is 0. The Morgan fingerprint density at radius 1 is 0.944 bits per heavy atom. The molecule has 2 aromatic rings. The van der Waals surface area contributed by atoms with Crippen LogP contribution in [0.3, 0.4) is 0 Å². The van der Waals surface area contributed by atoms with E-state index in [-0.39, 0.29) is 5.78 Å². The fourth-order valence-electron chi connectivity index (χ4n) is 1.82. The van der Waals surface area contributed by atoms with Crippen LogP contribution >= 0.6 is 23.2 Å². The summed E-state index contributed by atoms with van der Waals surface area (Å²) in [7, 11) is 0. The van der Waals surface area contributed by atoms with Crippen molar-refractivity contribution in [2.75, 3.05) is 0 Å². The van der Waals surface area contributed by atoms with Crippen LogP contribution in [0.4, 0.5) is 0 Å². The van der Waals surface area contributed by atoms with E-state index in [9.17, 15) is 4.79 Å². The molecule has 3 heteroatoms. The fraction of sp³-hybridized carbons (Fsp3) is 0.133.